The van der Waals surface area contributed by atoms with Crippen LogP contribution >= 0.6 is 22.0 Å². The van der Waals surface area contributed by atoms with E-state index in [1.54, 1.807) is 0 Å². The number of aromatic nitrogens is 3. The number of aromatic amines is 1. The van der Waals surface area contributed by atoms with Crippen LogP contribution in [0.5, 0.6) is 0 Å². The maximum Gasteiger partial charge on any atom is 0.296 e. The third kappa shape index (κ3) is 2.11. The first-order valence-electron chi connectivity index (χ1n) is 4.46. The zero-order valence-electron chi connectivity index (χ0n) is 8.27. The van der Waals surface area contributed by atoms with Gasteiger partial charge >= 0.3 is 0 Å². The SMILES string of the molecule is CCc1ccsc1-c1n[nH]c(S(=O)(=O)Cl)n1. The highest BCUT2D eigenvalue weighted by atomic mass is 35.7. The highest BCUT2D eigenvalue weighted by molar-refractivity contribution is 8.13. The summed E-state index contributed by atoms with van der Waals surface area (Å²) in [7, 11) is 1.30. The van der Waals surface area contributed by atoms with E-state index in [1.807, 2.05) is 18.4 Å². The highest BCUT2D eigenvalue weighted by Gasteiger charge is 2.18. The lowest BCUT2D eigenvalue weighted by molar-refractivity contribution is 0.602. The summed E-state index contributed by atoms with van der Waals surface area (Å²) in [5.74, 6) is 0.367. The van der Waals surface area contributed by atoms with E-state index in [2.05, 4.69) is 15.2 Å². The number of nitrogens with zero attached hydrogens (tertiary/aromatic N) is 2. The van der Waals surface area contributed by atoms with Gasteiger partial charge in [-0.1, -0.05) is 6.92 Å². The number of hydrogen-bond donors (Lipinski definition) is 1. The molecule has 0 spiro atoms. The minimum Gasteiger partial charge on any atom is -0.248 e. The van der Waals surface area contributed by atoms with Gasteiger partial charge in [0.05, 0.1) is 4.88 Å². The Kier molecular flexibility index (Phi) is 3.00. The third-order valence-electron chi connectivity index (χ3n) is 2.03. The van der Waals surface area contributed by atoms with E-state index < -0.39 is 9.05 Å². The molecule has 0 saturated carbocycles. The fourth-order valence-corrected chi connectivity index (χ4v) is 2.75. The monoisotopic (exact) mass is 277 g/mol. The van der Waals surface area contributed by atoms with Crippen molar-refractivity contribution in [1.29, 1.82) is 0 Å². The van der Waals surface area contributed by atoms with E-state index in [1.165, 1.54) is 11.3 Å². The molecule has 2 aromatic heterocycles. The largest absolute Gasteiger partial charge is 0.296 e. The number of hydrogen-bond acceptors (Lipinski definition) is 5. The van der Waals surface area contributed by atoms with Gasteiger partial charge in [-0.15, -0.1) is 11.3 Å². The first-order chi connectivity index (χ1) is 7.52. The number of halogens is 1. The Balaban J connectivity index is 2.47. The van der Waals surface area contributed by atoms with Crippen molar-refractivity contribution >= 4 is 31.1 Å². The lowest BCUT2D eigenvalue weighted by atomic mass is 10.2. The number of rotatable bonds is 3. The number of aryl methyl sites for hydroxylation is 1. The zero-order chi connectivity index (χ0) is 11.8. The summed E-state index contributed by atoms with van der Waals surface area (Å²) >= 11 is 1.47. The van der Waals surface area contributed by atoms with Gasteiger partial charge in [-0.2, -0.15) is 10.1 Å². The van der Waals surface area contributed by atoms with Crippen LogP contribution in [0.2, 0.25) is 0 Å². The fourth-order valence-electron chi connectivity index (χ4n) is 1.27. The maximum absolute atomic E-state index is 11.0. The van der Waals surface area contributed by atoms with Crippen molar-refractivity contribution in [1.82, 2.24) is 15.2 Å². The van der Waals surface area contributed by atoms with Crippen molar-refractivity contribution in [3.8, 4) is 10.7 Å². The Morgan fingerprint density at radius 3 is 2.88 bits per heavy atom. The van der Waals surface area contributed by atoms with Crippen molar-refractivity contribution < 1.29 is 8.42 Å². The van der Waals surface area contributed by atoms with Crippen LogP contribution < -0.4 is 0 Å². The summed E-state index contributed by atoms with van der Waals surface area (Å²) in [5.41, 5.74) is 1.09. The molecular weight excluding hydrogens is 270 g/mol. The quantitative estimate of drug-likeness (QED) is 0.871. The van der Waals surface area contributed by atoms with Gasteiger partial charge in [0, 0.05) is 10.7 Å². The molecule has 2 heterocycles. The van der Waals surface area contributed by atoms with E-state index in [0.29, 0.717) is 5.82 Å². The molecule has 0 aliphatic rings. The lowest BCUT2D eigenvalue weighted by Crippen LogP contribution is -1.92. The normalized spacial score (nSPS) is 11.9. The van der Waals surface area contributed by atoms with Gasteiger partial charge in [0.15, 0.2) is 5.82 Å². The van der Waals surface area contributed by atoms with Crippen LogP contribution in [0.15, 0.2) is 16.6 Å². The summed E-state index contributed by atoms with van der Waals surface area (Å²) < 4.78 is 22.0. The van der Waals surface area contributed by atoms with Gasteiger partial charge in [0.25, 0.3) is 14.2 Å². The molecule has 0 radical (unpaired) electrons. The molecule has 0 aliphatic carbocycles. The van der Waals surface area contributed by atoms with Crippen LogP contribution in [0.1, 0.15) is 12.5 Å². The Labute approximate surface area is 101 Å². The standard InChI is InChI=1S/C8H8ClN3O2S2/c1-2-5-3-4-15-6(5)7-10-8(12-11-7)16(9,13)14/h3-4H,2H2,1H3,(H,10,11,12). The number of thiophene rings is 1. The molecule has 0 saturated heterocycles. The summed E-state index contributed by atoms with van der Waals surface area (Å²) in [6, 6.07) is 1.96. The van der Waals surface area contributed by atoms with Crippen LogP contribution in [-0.4, -0.2) is 23.6 Å². The molecule has 1 N–H and O–H groups in total. The molecule has 86 valence electrons. The van der Waals surface area contributed by atoms with Crippen molar-refractivity contribution in [2.45, 2.75) is 18.5 Å². The summed E-state index contributed by atoms with van der Waals surface area (Å²) in [5, 5.41) is 7.75. The first-order valence-corrected chi connectivity index (χ1v) is 7.65. The minimum atomic E-state index is -3.84. The number of H-pyrrole nitrogens is 1. The fraction of sp³-hybridized carbons (Fsp3) is 0.250. The predicted octanol–water partition coefficient (Wildman–Crippen LogP) is 2.02. The molecule has 0 unspecified atom stereocenters. The summed E-state index contributed by atoms with van der Waals surface area (Å²) in [4.78, 5) is 4.72. The van der Waals surface area contributed by atoms with Crippen LogP contribution in [0.25, 0.3) is 10.7 Å². The molecule has 0 aromatic carbocycles. The van der Waals surface area contributed by atoms with Crippen LogP contribution in [0.3, 0.4) is 0 Å². The average Bonchev–Trinajstić information content (AvgIpc) is 2.84. The molecule has 16 heavy (non-hydrogen) atoms. The van der Waals surface area contributed by atoms with E-state index in [4.69, 9.17) is 10.7 Å². The molecule has 0 bridgehead atoms. The predicted molar refractivity (Wildman–Crippen MR) is 62.1 cm³/mol. The molecule has 0 aliphatic heterocycles. The van der Waals surface area contributed by atoms with Gasteiger partial charge in [0.2, 0.25) is 0 Å². The zero-order valence-corrected chi connectivity index (χ0v) is 10.7. The molecule has 8 heteroatoms. The second-order valence-electron chi connectivity index (χ2n) is 3.03. The van der Waals surface area contributed by atoms with E-state index >= 15 is 0 Å². The maximum atomic E-state index is 11.0. The van der Waals surface area contributed by atoms with Crippen molar-refractivity contribution in [2.75, 3.05) is 0 Å². The second kappa shape index (κ2) is 4.15. The van der Waals surface area contributed by atoms with E-state index in [9.17, 15) is 8.42 Å². The molecule has 2 aromatic rings. The Morgan fingerprint density at radius 1 is 1.56 bits per heavy atom. The highest BCUT2D eigenvalue weighted by Crippen LogP contribution is 2.27. The van der Waals surface area contributed by atoms with Crippen molar-refractivity contribution in [3.05, 3.63) is 17.0 Å². The molecule has 0 fully saturated rings. The summed E-state index contributed by atoms with van der Waals surface area (Å²) in [6.07, 6.45) is 0.844. The summed E-state index contributed by atoms with van der Waals surface area (Å²) in [6.45, 7) is 2.01. The Morgan fingerprint density at radius 2 is 2.31 bits per heavy atom. The smallest absolute Gasteiger partial charge is 0.248 e. The molecular formula is C8H8ClN3O2S2. The second-order valence-corrected chi connectivity index (χ2v) is 6.43. The van der Waals surface area contributed by atoms with E-state index in [0.717, 1.165) is 16.9 Å². The third-order valence-corrected chi connectivity index (χ3v) is 4.06. The Bertz CT molecular complexity index is 602. The van der Waals surface area contributed by atoms with Gasteiger partial charge in [-0.3, -0.25) is 0 Å². The van der Waals surface area contributed by atoms with Crippen LogP contribution in [0.4, 0.5) is 0 Å². The van der Waals surface area contributed by atoms with Crippen LogP contribution in [0, 0.1) is 0 Å². The first kappa shape index (κ1) is 11.6. The molecule has 0 amide bonds. The van der Waals surface area contributed by atoms with Gasteiger partial charge in [-0.25, -0.2) is 13.5 Å². The number of nitrogens with one attached hydrogen (secondary N) is 1. The van der Waals surface area contributed by atoms with Gasteiger partial charge in [0.1, 0.15) is 0 Å². The van der Waals surface area contributed by atoms with Crippen LogP contribution in [-0.2, 0) is 15.5 Å². The van der Waals surface area contributed by atoms with Gasteiger partial charge in [-0.05, 0) is 23.4 Å². The van der Waals surface area contributed by atoms with Crippen molar-refractivity contribution in [2.24, 2.45) is 0 Å². The van der Waals surface area contributed by atoms with E-state index in [-0.39, 0.29) is 5.16 Å². The molecule has 2 rings (SSSR count). The average molecular weight is 278 g/mol. The topological polar surface area (TPSA) is 75.7 Å². The lowest BCUT2D eigenvalue weighted by Gasteiger charge is -1.93. The minimum absolute atomic E-state index is 0.320. The Hall–Kier alpha value is -0.920. The molecule has 5 nitrogen and oxygen atoms in total. The van der Waals surface area contributed by atoms with Gasteiger partial charge < -0.3 is 0 Å². The van der Waals surface area contributed by atoms with Crippen molar-refractivity contribution in [3.63, 3.8) is 0 Å². The molecule has 0 atom stereocenters.